The van der Waals surface area contributed by atoms with Crippen LogP contribution in [-0.2, 0) is 32.6 Å². The van der Waals surface area contributed by atoms with Gasteiger partial charge in [0.15, 0.2) is 0 Å². The summed E-state index contributed by atoms with van der Waals surface area (Å²) < 4.78 is 26.6. The van der Waals surface area contributed by atoms with Crippen molar-refractivity contribution < 1.29 is 18.0 Å². The Morgan fingerprint density at radius 3 is 2.24 bits per heavy atom. The van der Waals surface area contributed by atoms with E-state index >= 15 is 0 Å². The molecule has 10 heteroatoms. The maximum atomic E-state index is 13.9. The Hall–Kier alpha value is -3.07. The number of hydrogen-bond acceptors (Lipinski definition) is 4. The van der Waals surface area contributed by atoms with E-state index in [1.807, 2.05) is 30.3 Å². The van der Waals surface area contributed by atoms with Crippen LogP contribution in [0.5, 0.6) is 0 Å². The van der Waals surface area contributed by atoms with Crippen molar-refractivity contribution in [3.8, 4) is 0 Å². The van der Waals surface area contributed by atoms with Gasteiger partial charge in [0.1, 0.15) is 12.6 Å². The molecule has 38 heavy (non-hydrogen) atoms. The van der Waals surface area contributed by atoms with Gasteiger partial charge in [0.2, 0.25) is 21.8 Å². The molecule has 0 aliphatic rings. The molecule has 0 aliphatic carbocycles. The first-order valence-electron chi connectivity index (χ1n) is 12.1. The van der Waals surface area contributed by atoms with Crippen LogP contribution in [0.4, 0.5) is 5.69 Å². The molecular formula is C28H31Cl2N3O4S. The Labute approximate surface area is 234 Å². The highest BCUT2D eigenvalue weighted by Crippen LogP contribution is 2.26. The van der Waals surface area contributed by atoms with Crippen LogP contribution in [0.25, 0.3) is 0 Å². The summed E-state index contributed by atoms with van der Waals surface area (Å²) in [5.74, 6) is -0.879. The smallest absolute Gasteiger partial charge is 0.244 e. The average Bonchev–Trinajstić information content (AvgIpc) is 2.86. The van der Waals surface area contributed by atoms with Gasteiger partial charge >= 0.3 is 0 Å². The van der Waals surface area contributed by atoms with Crippen molar-refractivity contribution in [1.29, 1.82) is 0 Å². The van der Waals surface area contributed by atoms with Crippen LogP contribution >= 0.6 is 23.2 Å². The van der Waals surface area contributed by atoms with E-state index in [1.165, 1.54) is 11.0 Å². The normalized spacial score (nSPS) is 12.0. The fraction of sp³-hybridized carbons (Fsp3) is 0.286. The molecule has 0 saturated heterocycles. The van der Waals surface area contributed by atoms with Gasteiger partial charge in [-0.15, -0.1) is 0 Å². The molecule has 1 atom stereocenters. The quantitative estimate of drug-likeness (QED) is 0.354. The predicted octanol–water partition coefficient (Wildman–Crippen LogP) is 4.84. The van der Waals surface area contributed by atoms with Crippen molar-refractivity contribution >= 4 is 50.7 Å². The fourth-order valence-electron chi connectivity index (χ4n) is 4.03. The topological polar surface area (TPSA) is 86.8 Å². The Balaban J connectivity index is 2.05. The second-order valence-corrected chi connectivity index (χ2v) is 11.7. The summed E-state index contributed by atoms with van der Waals surface area (Å²) in [7, 11) is -3.87. The van der Waals surface area contributed by atoms with Crippen molar-refractivity contribution in [3.63, 3.8) is 0 Å². The first-order valence-corrected chi connectivity index (χ1v) is 14.7. The van der Waals surface area contributed by atoms with Crippen LogP contribution in [0.1, 0.15) is 23.6 Å². The Morgan fingerprint density at radius 1 is 0.947 bits per heavy atom. The standard InChI is InChI=1S/C28H31Cl2N3O4S/c1-4-31-28(35)26(16-21-9-6-5-7-10-21)32(18-22-11-8-12-23(29)15-22)27(34)19-33(38(3,36)37)24-14-13-20(2)25(30)17-24/h5-15,17,26H,4,16,18-19H2,1-3H3,(H,31,35). The summed E-state index contributed by atoms with van der Waals surface area (Å²) in [6, 6.07) is 20.3. The van der Waals surface area contributed by atoms with Gasteiger partial charge in [-0.05, 0) is 54.8 Å². The predicted molar refractivity (Wildman–Crippen MR) is 153 cm³/mol. The molecule has 2 amide bonds. The van der Waals surface area contributed by atoms with Gasteiger partial charge in [-0.2, -0.15) is 0 Å². The monoisotopic (exact) mass is 575 g/mol. The first kappa shape index (κ1) is 29.5. The van der Waals surface area contributed by atoms with E-state index in [0.717, 1.165) is 21.7 Å². The van der Waals surface area contributed by atoms with E-state index in [1.54, 1.807) is 50.2 Å². The van der Waals surface area contributed by atoms with E-state index in [-0.39, 0.29) is 24.6 Å². The van der Waals surface area contributed by atoms with Crippen LogP contribution in [0.2, 0.25) is 10.0 Å². The minimum atomic E-state index is -3.87. The number of amides is 2. The molecule has 0 bridgehead atoms. The van der Waals surface area contributed by atoms with E-state index in [0.29, 0.717) is 22.2 Å². The minimum absolute atomic E-state index is 0.0558. The van der Waals surface area contributed by atoms with Crippen molar-refractivity contribution in [3.05, 3.63) is 99.5 Å². The number of anilines is 1. The molecule has 3 aromatic carbocycles. The van der Waals surface area contributed by atoms with Gasteiger partial charge in [0.25, 0.3) is 0 Å². The van der Waals surface area contributed by atoms with E-state index in [2.05, 4.69) is 5.32 Å². The zero-order valence-corrected chi connectivity index (χ0v) is 23.9. The van der Waals surface area contributed by atoms with Crippen LogP contribution in [0.15, 0.2) is 72.8 Å². The first-order chi connectivity index (χ1) is 18.0. The van der Waals surface area contributed by atoms with Crippen molar-refractivity contribution in [2.45, 2.75) is 32.9 Å². The van der Waals surface area contributed by atoms with Crippen molar-refractivity contribution in [1.82, 2.24) is 10.2 Å². The summed E-state index contributed by atoms with van der Waals surface area (Å²) in [4.78, 5) is 28.6. The molecule has 202 valence electrons. The molecule has 3 aromatic rings. The van der Waals surface area contributed by atoms with Gasteiger partial charge < -0.3 is 10.2 Å². The third-order valence-corrected chi connectivity index (χ3v) is 7.77. The maximum absolute atomic E-state index is 13.9. The number of rotatable bonds is 11. The lowest BCUT2D eigenvalue weighted by Crippen LogP contribution is -2.53. The summed E-state index contributed by atoms with van der Waals surface area (Å²) >= 11 is 12.5. The molecule has 1 unspecified atom stereocenters. The molecule has 0 spiro atoms. The number of aryl methyl sites for hydroxylation is 1. The number of nitrogens with one attached hydrogen (secondary N) is 1. The second-order valence-electron chi connectivity index (χ2n) is 8.95. The highest BCUT2D eigenvalue weighted by molar-refractivity contribution is 7.92. The molecular weight excluding hydrogens is 545 g/mol. The van der Waals surface area contributed by atoms with Crippen LogP contribution in [0.3, 0.4) is 0 Å². The average molecular weight is 577 g/mol. The van der Waals surface area contributed by atoms with Crippen LogP contribution in [-0.4, -0.2) is 50.5 Å². The molecule has 0 aromatic heterocycles. The minimum Gasteiger partial charge on any atom is -0.355 e. The van der Waals surface area contributed by atoms with Gasteiger partial charge in [-0.25, -0.2) is 8.42 Å². The molecule has 0 aliphatic heterocycles. The lowest BCUT2D eigenvalue weighted by Gasteiger charge is -2.33. The van der Waals surface area contributed by atoms with E-state index in [4.69, 9.17) is 23.2 Å². The zero-order valence-electron chi connectivity index (χ0n) is 21.5. The lowest BCUT2D eigenvalue weighted by atomic mass is 10.0. The summed E-state index contributed by atoms with van der Waals surface area (Å²) in [6.45, 7) is 3.52. The molecule has 1 N–H and O–H groups in total. The largest absolute Gasteiger partial charge is 0.355 e. The second kappa shape index (κ2) is 13.1. The Morgan fingerprint density at radius 2 is 1.63 bits per heavy atom. The molecule has 0 heterocycles. The number of carbonyl (C=O) groups excluding carboxylic acids is 2. The lowest BCUT2D eigenvalue weighted by molar-refractivity contribution is -0.140. The summed E-state index contributed by atoms with van der Waals surface area (Å²) in [5.41, 5.74) is 2.60. The number of sulfonamides is 1. The number of likely N-dealkylation sites (N-methyl/N-ethyl adjacent to an activating group) is 1. The summed E-state index contributed by atoms with van der Waals surface area (Å²) in [5, 5.41) is 3.68. The third kappa shape index (κ3) is 7.96. The van der Waals surface area contributed by atoms with Gasteiger partial charge in [-0.1, -0.05) is 71.7 Å². The summed E-state index contributed by atoms with van der Waals surface area (Å²) in [6.07, 6.45) is 1.27. The highest BCUT2D eigenvalue weighted by atomic mass is 35.5. The SMILES string of the molecule is CCNC(=O)C(Cc1ccccc1)N(Cc1cccc(Cl)c1)C(=O)CN(c1ccc(C)c(Cl)c1)S(C)(=O)=O. The van der Waals surface area contributed by atoms with Crippen LogP contribution in [0, 0.1) is 6.92 Å². The molecule has 0 saturated carbocycles. The highest BCUT2D eigenvalue weighted by Gasteiger charge is 2.33. The number of hydrogen-bond donors (Lipinski definition) is 1. The number of nitrogens with zero attached hydrogens (tertiary/aromatic N) is 2. The van der Waals surface area contributed by atoms with Crippen LogP contribution < -0.4 is 9.62 Å². The van der Waals surface area contributed by atoms with E-state index < -0.39 is 28.5 Å². The molecule has 0 radical (unpaired) electrons. The van der Waals surface area contributed by atoms with E-state index in [9.17, 15) is 18.0 Å². The number of benzene rings is 3. The fourth-order valence-corrected chi connectivity index (χ4v) is 5.26. The zero-order chi connectivity index (χ0) is 27.9. The van der Waals surface area contributed by atoms with Gasteiger partial charge in [0, 0.05) is 29.6 Å². The Kier molecular flexibility index (Phi) is 10.2. The Bertz CT molecular complexity index is 1380. The van der Waals surface area contributed by atoms with Crippen molar-refractivity contribution in [2.75, 3.05) is 23.7 Å². The van der Waals surface area contributed by atoms with Gasteiger partial charge in [-0.3, -0.25) is 13.9 Å². The molecule has 0 fully saturated rings. The maximum Gasteiger partial charge on any atom is 0.244 e. The third-order valence-electron chi connectivity index (χ3n) is 5.99. The molecule has 3 rings (SSSR count). The van der Waals surface area contributed by atoms with Gasteiger partial charge in [0.05, 0.1) is 11.9 Å². The van der Waals surface area contributed by atoms with Crippen molar-refractivity contribution in [2.24, 2.45) is 0 Å². The number of halogens is 2. The number of carbonyl (C=O) groups is 2. The molecule has 7 nitrogen and oxygen atoms in total.